The van der Waals surface area contributed by atoms with E-state index in [0.717, 1.165) is 5.69 Å². The van der Waals surface area contributed by atoms with Crippen molar-refractivity contribution in [3.63, 3.8) is 0 Å². The molecule has 0 amide bonds. The Labute approximate surface area is 155 Å². The van der Waals surface area contributed by atoms with E-state index < -0.39 is 11.3 Å². The van der Waals surface area contributed by atoms with E-state index in [-0.39, 0.29) is 11.7 Å². The van der Waals surface area contributed by atoms with Gasteiger partial charge in [0.25, 0.3) is 0 Å². The zero-order valence-corrected chi connectivity index (χ0v) is 14.4. The average Bonchev–Trinajstić information content (AvgIpc) is 3.29. The van der Waals surface area contributed by atoms with Gasteiger partial charge in [-0.15, -0.1) is 0 Å². The van der Waals surface area contributed by atoms with Crippen LogP contribution in [0.15, 0.2) is 53.2 Å². The fourth-order valence-corrected chi connectivity index (χ4v) is 3.29. The van der Waals surface area contributed by atoms with Gasteiger partial charge in [0, 0.05) is 37.0 Å². The summed E-state index contributed by atoms with van der Waals surface area (Å²) in [4.78, 5) is 10.8. The van der Waals surface area contributed by atoms with Crippen LogP contribution in [0.25, 0.3) is 11.4 Å². The van der Waals surface area contributed by atoms with Crippen LogP contribution in [0.2, 0.25) is 0 Å². The number of aliphatic hydroxyl groups is 1. The quantitative estimate of drug-likeness (QED) is 0.566. The molecule has 140 valence electrons. The molecule has 0 spiro atoms. The van der Waals surface area contributed by atoms with Gasteiger partial charge in [-0.2, -0.15) is 10.2 Å². The van der Waals surface area contributed by atoms with E-state index >= 15 is 0 Å². The molecule has 27 heavy (non-hydrogen) atoms. The Morgan fingerprint density at radius 3 is 2.93 bits per heavy atom. The molecule has 0 aliphatic carbocycles. The van der Waals surface area contributed by atoms with Gasteiger partial charge < -0.3 is 14.8 Å². The summed E-state index contributed by atoms with van der Waals surface area (Å²) in [5.74, 6) is 0.727. The zero-order valence-electron chi connectivity index (χ0n) is 14.4. The van der Waals surface area contributed by atoms with Gasteiger partial charge >= 0.3 is 0 Å². The fourth-order valence-electron chi connectivity index (χ4n) is 3.29. The number of rotatable bonds is 5. The molecule has 9 nitrogen and oxygen atoms in total. The Morgan fingerprint density at radius 2 is 2.15 bits per heavy atom. The molecule has 3 N–H and O–H groups in total. The number of quaternary nitrogens is 1. The summed E-state index contributed by atoms with van der Waals surface area (Å²) < 4.78 is 5.44. The molecule has 0 bridgehead atoms. The molecule has 0 radical (unpaired) electrons. The molecule has 0 saturated carbocycles. The molecule has 3 atom stereocenters. The number of aliphatic hydroxyl groups excluding tert-OH is 1. The number of nitrogens with one attached hydrogen (secondary N) is 1. The van der Waals surface area contributed by atoms with Crippen molar-refractivity contribution < 1.29 is 20.1 Å². The second-order valence-electron chi connectivity index (χ2n) is 6.50. The number of aromatic nitrogens is 3. The molecule has 3 heterocycles. The lowest BCUT2D eigenvalue weighted by molar-refractivity contribution is -0.991. The van der Waals surface area contributed by atoms with Gasteiger partial charge in [-0.25, -0.2) is 5.21 Å². The molecule has 9 heteroatoms. The molecule has 1 aliphatic rings. The minimum Gasteiger partial charge on any atom is -0.595 e. The molecule has 2 aromatic heterocycles. The molecule has 4 rings (SSSR count). The Hall–Kier alpha value is -2.69. The second-order valence-corrected chi connectivity index (χ2v) is 6.50. The number of β-amino-alcohol motifs (C(OH)–C–C–N with tert-alkyl or cyclic N) is 1. The van der Waals surface area contributed by atoms with E-state index in [1.54, 1.807) is 18.3 Å². The summed E-state index contributed by atoms with van der Waals surface area (Å²) in [6.45, 7) is 1.06. The lowest BCUT2D eigenvalue weighted by atomic mass is 10.2. The van der Waals surface area contributed by atoms with Crippen molar-refractivity contribution >= 4 is 5.69 Å². The van der Waals surface area contributed by atoms with Gasteiger partial charge in [0.1, 0.15) is 0 Å². The highest BCUT2D eigenvalue weighted by atomic mass is 16.8. The van der Waals surface area contributed by atoms with Crippen molar-refractivity contribution in [2.24, 2.45) is 0 Å². The lowest BCUT2D eigenvalue weighted by Crippen LogP contribution is -2.99. The predicted molar refractivity (Wildman–Crippen MR) is 93.5 cm³/mol. The summed E-state index contributed by atoms with van der Waals surface area (Å²) in [5.41, 5.74) is 1.62. The van der Waals surface area contributed by atoms with Gasteiger partial charge in [0.05, 0.1) is 17.8 Å². The predicted octanol–water partition coefficient (Wildman–Crippen LogP) is 0.843. The molecule has 1 aromatic carbocycles. The van der Waals surface area contributed by atoms with E-state index in [1.807, 2.05) is 18.2 Å². The Morgan fingerprint density at radius 1 is 1.26 bits per heavy atom. The number of benzene rings is 1. The number of nitrogens with zero attached hydrogens (tertiary/aromatic N) is 4. The van der Waals surface area contributed by atoms with Crippen molar-refractivity contribution in [1.82, 2.24) is 20.0 Å². The average molecular weight is 369 g/mol. The third-order valence-electron chi connectivity index (χ3n) is 4.57. The number of hydrogen-bond acceptors (Lipinski definition) is 8. The van der Waals surface area contributed by atoms with Crippen LogP contribution in [0.5, 0.6) is 0 Å². The van der Waals surface area contributed by atoms with Crippen molar-refractivity contribution in [2.75, 3.05) is 6.54 Å². The first-order chi connectivity index (χ1) is 13.1. The lowest BCUT2D eigenvalue weighted by Gasteiger charge is -2.20. The number of likely N-dealkylation sites (tertiary alicyclic amines) is 1. The van der Waals surface area contributed by atoms with Crippen LogP contribution in [0.3, 0.4) is 0 Å². The highest BCUT2D eigenvalue weighted by molar-refractivity contribution is 5.58. The first kappa shape index (κ1) is 17.7. The maximum absolute atomic E-state index is 11.1. The first-order valence-corrected chi connectivity index (χ1v) is 8.59. The minimum atomic E-state index is -1.01. The van der Waals surface area contributed by atoms with E-state index in [9.17, 15) is 10.3 Å². The van der Waals surface area contributed by atoms with Gasteiger partial charge in [0.2, 0.25) is 11.7 Å². The van der Waals surface area contributed by atoms with Crippen molar-refractivity contribution in [3.05, 3.63) is 65.5 Å². The maximum Gasteiger partial charge on any atom is 0.244 e. The van der Waals surface area contributed by atoms with Crippen molar-refractivity contribution in [3.8, 4) is 11.4 Å². The standard InChI is InChI=1S/C18H19N5O4/c24-15-9-16(22(11-15)10-13-5-1-2-7-19-13)18-20-17(21-27-18)12-4-3-6-14(8-12)23(25)26/h1-8,15-16,23-25H,9-11H2. The number of hydrogen-bond donors (Lipinski definition) is 3. The summed E-state index contributed by atoms with van der Waals surface area (Å²) in [7, 11) is 0. The minimum absolute atomic E-state index is 0.159. The maximum atomic E-state index is 11.1. The normalized spacial score (nSPS) is 21.4. The van der Waals surface area contributed by atoms with Crippen molar-refractivity contribution in [1.29, 1.82) is 0 Å². The van der Waals surface area contributed by atoms with Crippen LogP contribution < -0.4 is 5.23 Å². The highest BCUT2D eigenvalue weighted by Crippen LogP contribution is 2.33. The van der Waals surface area contributed by atoms with Gasteiger partial charge in [-0.1, -0.05) is 23.4 Å². The summed E-state index contributed by atoms with van der Waals surface area (Å²) in [6, 6.07) is 11.9. The Kier molecular flexibility index (Phi) is 4.92. The van der Waals surface area contributed by atoms with Gasteiger partial charge in [-0.3, -0.25) is 9.88 Å². The van der Waals surface area contributed by atoms with Crippen molar-refractivity contribution in [2.45, 2.75) is 25.1 Å². The summed E-state index contributed by atoms with van der Waals surface area (Å²) >= 11 is 0. The molecular formula is C18H19N5O4. The zero-order chi connectivity index (χ0) is 18.8. The Balaban J connectivity index is 1.57. The largest absolute Gasteiger partial charge is 0.595 e. The smallest absolute Gasteiger partial charge is 0.244 e. The molecular weight excluding hydrogens is 350 g/mol. The molecule has 3 aromatic rings. The fraction of sp³-hybridized carbons (Fsp3) is 0.278. The third kappa shape index (κ3) is 3.87. The van der Waals surface area contributed by atoms with E-state index in [0.29, 0.717) is 36.8 Å². The van der Waals surface area contributed by atoms with Crippen LogP contribution in [0, 0.1) is 5.21 Å². The monoisotopic (exact) mass is 369 g/mol. The molecule has 1 fully saturated rings. The van der Waals surface area contributed by atoms with Gasteiger partial charge in [-0.05, 0) is 18.6 Å². The van der Waals surface area contributed by atoms with Crippen LogP contribution in [0.1, 0.15) is 24.0 Å². The van der Waals surface area contributed by atoms with Crippen LogP contribution in [-0.4, -0.2) is 43.0 Å². The first-order valence-electron chi connectivity index (χ1n) is 8.59. The molecule has 1 aliphatic heterocycles. The van der Waals surface area contributed by atoms with Crippen LogP contribution >= 0.6 is 0 Å². The highest BCUT2D eigenvalue weighted by Gasteiger charge is 2.36. The summed E-state index contributed by atoms with van der Waals surface area (Å²) in [6.07, 6.45) is 1.74. The Bertz CT molecular complexity index is 902. The third-order valence-corrected chi connectivity index (χ3v) is 4.57. The summed E-state index contributed by atoms with van der Waals surface area (Å²) in [5, 5.41) is 33.4. The SMILES string of the molecule is [O-][NH+](O)c1cccc(-c2noc(C3CC(O)CN3Cc3ccccn3)n2)c1. The van der Waals surface area contributed by atoms with E-state index in [1.165, 1.54) is 12.1 Å². The van der Waals surface area contributed by atoms with Crippen LogP contribution in [0.4, 0.5) is 5.69 Å². The second kappa shape index (κ2) is 7.51. The topological polar surface area (TPSA) is 123 Å². The molecule has 3 unspecified atom stereocenters. The van der Waals surface area contributed by atoms with Gasteiger partial charge in [0.15, 0.2) is 5.69 Å². The van der Waals surface area contributed by atoms with E-state index in [4.69, 9.17) is 9.73 Å². The molecule has 1 saturated heterocycles. The van der Waals surface area contributed by atoms with Crippen LogP contribution in [-0.2, 0) is 6.54 Å². The number of pyridine rings is 1. The van der Waals surface area contributed by atoms with E-state index in [2.05, 4.69) is 20.0 Å².